The molecule has 2 aromatic carbocycles. The van der Waals surface area contributed by atoms with Crippen molar-refractivity contribution in [1.29, 1.82) is 0 Å². The molecule has 10 heteroatoms. The van der Waals surface area contributed by atoms with Crippen LogP contribution in [0.15, 0.2) is 60.2 Å². The molecule has 0 spiro atoms. The fourth-order valence-electron chi connectivity index (χ4n) is 2.52. The molecule has 0 aliphatic heterocycles. The molecule has 0 bridgehead atoms. The molecule has 31 heavy (non-hydrogen) atoms. The molecule has 0 saturated carbocycles. The summed E-state index contributed by atoms with van der Waals surface area (Å²) in [5.41, 5.74) is 1.71. The summed E-state index contributed by atoms with van der Waals surface area (Å²) in [5.74, 6) is 0.103. The van der Waals surface area contributed by atoms with E-state index in [2.05, 4.69) is 20.6 Å². The molecule has 160 valence electrons. The standard InChI is InChI=1S/C21H21N5O5/c1-3-30-21(28)16-5-7-17(8-6-16)25-20(27)12-31-18-9-4-15(10-19(18)29-2)11-24-26-13-22-23-14-26/h4-11,13-14H,3,12H2,1-2H3,(H,25,27)/b24-11+. The van der Waals surface area contributed by atoms with Crippen LogP contribution >= 0.6 is 0 Å². The number of ether oxygens (including phenoxy) is 3. The van der Waals surface area contributed by atoms with Gasteiger partial charge in [0.1, 0.15) is 12.7 Å². The lowest BCUT2D eigenvalue weighted by molar-refractivity contribution is -0.118. The SMILES string of the molecule is CCOC(=O)c1ccc(NC(=O)COc2ccc(/C=N/n3cnnc3)cc2OC)cc1. The molecule has 0 saturated heterocycles. The van der Waals surface area contributed by atoms with Crippen LogP contribution < -0.4 is 14.8 Å². The molecule has 0 fully saturated rings. The second-order valence-electron chi connectivity index (χ2n) is 6.13. The lowest BCUT2D eigenvalue weighted by atomic mass is 10.2. The summed E-state index contributed by atoms with van der Waals surface area (Å²) in [7, 11) is 1.51. The van der Waals surface area contributed by atoms with E-state index in [1.165, 1.54) is 24.4 Å². The Morgan fingerprint density at radius 2 is 1.84 bits per heavy atom. The Bertz CT molecular complexity index is 1050. The first-order valence-electron chi connectivity index (χ1n) is 9.36. The maximum absolute atomic E-state index is 12.2. The van der Waals surface area contributed by atoms with Gasteiger partial charge < -0.3 is 19.5 Å². The average Bonchev–Trinajstić information content (AvgIpc) is 3.31. The Kier molecular flexibility index (Phi) is 7.30. The van der Waals surface area contributed by atoms with Crippen LogP contribution in [0.5, 0.6) is 11.5 Å². The third kappa shape index (κ3) is 6.13. The van der Waals surface area contributed by atoms with Gasteiger partial charge in [-0.15, -0.1) is 10.2 Å². The first kappa shape index (κ1) is 21.5. The Hall–Kier alpha value is -4.21. The van der Waals surface area contributed by atoms with Crippen molar-refractivity contribution in [3.8, 4) is 11.5 Å². The molecule has 1 amide bonds. The van der Waals surface area contributed by atoms with Crippen LogP contribution in [0.1, 0.15) is 22.8 Å². The van der Waals surface area contributed by atoms with Crippen LogP contribution in [-0.2, 0) is 9.53 Å². The largest absolute Gasteiger partial charge is 0.493 e. The van der Waals surface area contributed by atoms with E-state index in [9.17, 15) is 9.59 Å². The zero-order valence-electron chi connectivity index (χ0n) is 17.0. The molecule has 3 rings (SSSR count). The highest BCUT2D eigenvalue weighted by Crippen LogP contribution is 2.27. The highest BCUT2D eigenvalue weighted by atomic mass is 16.5. The summed E-state index contributed by atoms with van der Waals surface area (Å²) in [6.45, 7) is 1.82. The zero-order valence-corrected chi connectivity index (χ0v) is 17.0. The number of hydrogen-bond acceptors (Lipinski definition) is 8. The number of aromatic nitrogens is 3. The third-order valence-corrected chi connectivity index (χ3v) is 3.97. The molecule has 0 radical (unpaired) electrons. The average molecular weight is 423 g/mol. The summed E-state index contributed by atoms with van der Waals surface area (Å²) in [6.07, 6.45) is 4.55. The van der Waals surface area contributed by atoms with Crippen molar-refractivity contribution < 1.29 is 23.8 Å². The number of nitrogens with one attached hydrogen (secondary N) is 1. The Labute approximate surface area is 178 Å². The number of esters is 1. The van der Waals surface area contributed by atoms with Crippen molar-refractivity contribution in [3.05, 3.63) is 66.2 Å². The number of rotatable bonds is 9. The molecule has 1 aromatic heterocycles. The lowest BCUT2D eigenvalue weighted by Gasteiger charge is -2.11. The molecule has 0 aliphatic rings. The van der Waals surface area contributed by atoms with Gasteiger partial charge in [-0.3, -0.25) is 4.79 Å². The van der Waals surface area contributed by atoms with Gasteiger partial charge in [-0.1, -0.05) is 0 Å². The maximum Gasteiger partial charge on any atom is 0.338 e. The lowest BCUT2D eigenvalue weighted by Crippen LogP contribution is -2.20. The van der Waals surface area contributed by atoms with E-state index in [0.717, 1.165) is 5.56 Å². The fourth-order valence-corrected chi connectivity index (χ4v) is 2.52. The number of carbonyl (C=O) groups excluding carboxylic acids is 2. The smallest absolute Gasteiger partial charge is 0.338 e. The van der Waals surface area contributed by atoms with Crippen LogP contribution in [0.4, 0.5) is 5.69 Å². The second-order valence-corrected chi connectivity index (χ2v) is 6.13. The Morgan fingerprint density at radius 1 is 1.10 bits per heavy atom. The third-order valence-electron chi connectivity index (χ3n) is 3.97. The number of carbonyl (C=O) groups is 2. The molecule has 0 unspecified atom stereocenters. The molecule has 0 atom stereocenters. The van der Waals surface area contributed by atoms with Gasteiger partial charge in [0.15, 0.2) is 18.1 Å². The summed E-state index contributed by atoms with van der Waals surface area (Å²) in [5, 5.41) is 14.2. The number of hydrogen-bond donors (Lipinski definition) is 1. The molecular formula is C21H21N5O5. The maximum atomic E-state index is 12.2. The van der Waals surface area contributed by atoms with Crippen LogP contribution in [-0.4, -0.2) is 53.3 Å². The van der Waals surface area contributed by atoms with E-state index < -0.39 is 5.97 Å². The van der Waals surface area contributed by atoms with Gasteiger partial charge in [0, 0.05) is 5.69 Å². The Balaban J connectivity index is 1.56. The highest BCUT2D eigenvalue weighted by Gasteiger charge is 2.10. The molecule has 10 nitrogen and oxygen atoms in total. The van der Waals surface area contributed by atoms with E-state index >= 15 is 0 Å². The fraction of sp³-hybridized carbons (Fsp3) is 0.190. The first-order chi connectivity index (χ1) is 15.1. The molecular weight excluding hydrogens is 402 g/mol. The van der Waals surface area contributed by atoms with E-state index in [1.807, 2.05) is 0 Å². The number of anilines is 1. The number of amides is 1. The van der Waals surface area contributed by atoms with Gasteiger partial charge in [0.05, 0.1) is 25.5 Å². The highest BCUT2D eigenvalue weighted by molar-refractivity contribution is 5.93. The number of benzene rings is 2. The summed E-state index contributed by atoms with van der Waals surface area (Å²) in [6, 6.07) is 11.6. The van der Waals surface area contributed by atoms with E-state index in [1.54, 1.807) is 55.6 Å². The molecule has 1 heterocycles. The predicted molar refractivity (Wildman–Crippen MR) is 113 cm³/mol. The van der Waals surface area contributed by atoms with Crippen molar-refractivity contribution in [2.24, 2.45) is 5.10 Å². The normalized spacial score (nSPS) is 10.6. The summed E-state index contributed by atoms with van der Waals surface area (Å²) >= 11 is 0. The van der Waals surface area contributed by atoms with Crippen molar-refractivity contribution in [3.63, 3.8) is 0 Å². The van der Waals surface area contributed by atoms with Gasteiger partial charge in [0.2, 0.25) is 0 Å². The summed E-state index contributed by atoms with van der Waals surface area (Å²) < 4.78 is 17.3. The number of nitrogens with zero attached hydrogens (tertiary/aromatic N) is 4. The van der Waals surface area contributed by atoms with Crippen LogP contribution in [0, 0.1) is 0 Å². The van der Waals surface area contributed by atoms with Crippen molar-refractivity contribution in [2.45, 2.75) is 6.92 Å². The second kappa shape index (κ2) is 10.5. The van der Waals surface area contributed by atoms with Crippen molar-refractivity contribution >= 4 is 23.8 Å². The number of methoxy groups -OCH3 is 1. The van der Waals surface area contributed by atoms with Crippen LogP contribution in [0.25, 0.3) is 0 Å². The van der Waals surface area contributed by atoms with E-state index in [-0.39, 0.29) is 12.5 Å². The molecule has 1 N–H and O–H groups in total. The van der Waals surface area contributed by atoms with Gasteiger partial charge in [-0.2, -0.15) is 5.10 Å². The van der Waals surface area contributed by atoms with Gasteiger partial charge in [-0.25, -0.2) is 9.47 Å². The minimum absolute atomic E-state index is 0.218. The van der Waals surface area contributed by atoms with Crippen LogP contribution in [0.2, 0.25) is 0 Å². The minimum atomic E-state index is -0.411. The van der Waals surface area contributed by atoms with Crippen molar-refractivity contribution in [2.75, 3.05) is 25.6 Å². The zero-order chi connectivity index (χ0) is 22.1. The van der Waals surface area contributed by atoms with E-state index in [0.29, 0.717) is 29.4 Å². The summed E-state index contributed by atoms with van der Waals surface area (Å²) in [4.78, 5) is 23.9. The van der Waals surface area contributed by atoms with Gasteiger partial charge >= 0.3 is 5.97 Å². The first-order valence-corrected chi connectivity index (χ1v) is 9.36. The van der Waals surface area contributed by atoms with Crippen LogP contribution in [0.3, 0.4) is 0 Å². The molecule has 3 aromatic rings. The topological polar surface area (TPSA) is 117 Å². The van der Waals surface area contributed by atoms with Crippen molar-refractivity contribution in [1.82, 2.24) is 14.9 Å². The predicted octanol–water partition coefficient (Wildman–Crippen LogP) is 2.36. The van der Waals surface area contributed by atoms with Gasteiger partial charge in [0.25, 0.3) is 5.91 Å². The minimum Gasteiger partial charge on any atom is -0.493 e. The quantitative estimate of drug-likeness (QED) is 0.415. The monoisotopic (exact) mass is 423 g/mol. The van der Waals surface area contributed by atoms with Gasteiger partial charge in [-0.05, 0) is 55.0 Å². The van der Waals surface area contributed by atoms with E-state index in [4.69, 9.17) is 14.2 Å². The Morgan fingerprint density at radius 3 is 2.52 bits per heavy atom. The molecule has 0 aliphatic carbocycles.